The minimum atomic E-state index is 0.607. The van der Waals surface area contributed by atoms with E-state index in [1.54, 1.807) is 14.2 Å². The lowest BCUT2D eigenvalue weighted by Gasteiger charge is -2.14. The Morgan fingerprint density at radius 2 is 1.95 bits per heavy atom. The maximum Gasteiger partial charge on any atom is 0.171 e. The van der Waals surface area contributed by atoms with Crippen molar-refractivity contribution < 1.29 is 9.47 Å². The van der Waals surface area contributed by atoms with Crippen LogP contribution in [0.2, 0.25) is 0 Å². The van der Waals surface area contributed by atoms with E-state index in [0.717, 1.165) is 28.0 Å². The van der Waals surface area contributed by atoms with E-state index in [1.807, 2.05) is 25.2 Å². The molecule has 0 saturated carbocycles. The molecule has 0 aliphatic rings. The number of nitrogens with zero attached hydrogens (tertiary/aromatic N) is 2. The van der Waals surface area contributed by atoms with Crippen LogP contribution in [0.25, 0.3) is 11.4 Å². The average Bonchev–Trinajstić information content (AvgIpc) is 2.54. The number of benzene rings is 1. The maximum absolute atomic E-state index is 5.46. The molecule has 0 aliphatic carbocycles. The molecule has 1 aromatic heterocycles. The summed E-state index contributed by atoms with van der Waals surface area (Å²) in [6, 6.07) is 5.66. The maximum atomic E-state index is 5.46. The first kappa shape index (κ1) is 15.6. The van der Waals surface area contributed by atoms with Gasteiger partial charge < -0.3 is 14.8 Å². The fourth-order valence-corrected chi connectivity index (χ4v) is 2.73. The zero-order valence-electron chi connectivity index (χ0n) is 12.5. The quantitative estimate of drug-likeness (QED) is 0.892. The zero-order valence-corrected chi connectivity index (χ0v) is 14.1. The molecule has 1 aromatic carbocycles. The fraction of sp³-hybridized carbons (Fsp3) is 0.333. The minimum absolute atomic E-state index is 0.607. The summed E-state index contributed by atoms with van der Waals surface area (Å²) in [5.74, 6) is 2.65. The summed E-state index contributed by atoms with van der Waals surface area (Å²) in [5, 5.41) is 3.08. The van der Waals surface area contributed by atoms with Gasteiger partial charge in [0.25, 0.3) is 0 Å². The summed E-state index contributed by atoms with van der Waals surface area (Å²) < 4.78 is 11.7. The second-order valence-electron chi connectivity index (χ2n) is 4.30. The van der Waals surface area contributed by atoms with Gasteiger partial charge in [0.15, 0.2) is 17.3 Å². The third-order valence-electron chi connectivity index (χ3n) is 3.14. The highest BCUT2D eigenvalue weighted by Gasteiger charge is 2.17. The Morgan fingerprint density at radius 3 is 2.52 bits per heavy atom. The number of anilines is 1. The molecule has 2 aromatic rings. The largest absolute Gasteiger partial charge is 0.493 e. The highest BCUT2D eigenvalue weighted by atomic mass is 79.9. The molecule has 0 bridgehead atoms. The Bertz CT molecular complexity index is 622. The molecule has 0 fully saturated rings. The average molecular weight is 352 g/mol. The van der Waals surface area contributed by atoms with Gasteiger partial charge in [-0.15, -0.1) is 0 Å². The van der Waals surface area contributed by atoms with E-state index < -0.39 is 0 Å². The van der Waals surface area contributed by atoms with Crippen LogP contribution in [0.3, 0.4) is 0 Å². The van der Waals surface area contributed by atoms with Gasteiger partial charge in [-0.05, 0) is 34.5 Å². The number of hydrogen-bond donors (Lipinski definition) is 1. The third-order valence-corrected chi connectivity index (χ3v) is 3.97. The van der Waals surface area contributed by atoms with Crippen LogP contribution in [0.4, 0.5) is 5.82 Å². The molecule has 0 radical (unpaired) electrons. The number of nitrogens with one attached hydrogen (secondary N) is 1. The monoisotopic (exact) mass is 351 g/mol. The van der Waals surface area contributed by atoms with Crippen molar-refractivity contribution in [3.8, 4) is 22.9 Å². The van der Waals surface area contributed by atoms with Crippen LogP contribution in [0.5, 0.6) is 11.5 Å². The number of hydrogen-bond acceptors (Lipinski definition) is 5. The molecule has 1 heterocycles. The van der Waals surface area contributed by atoms with Gasteiger partial charge in [0.1, 0.15) is 5.82 Å². The van der Waals surface area contributed by atoms with Crippen molar-refractivity contribution in [1.29, 1.82) is 0 Å². The topological polar surface area (TPSA) is 56.3 Å². The van der Waals surface area contributed by atoms with Crippen molar-refractivity contribution in [2.45, 2.75) is 13.3 Å². The van der Waals surface area contributed by atoms with E-state index in [9.17, 15) is 0 Å². The van der Waals surface area contributed by atoms with E-state index in [0.29, 0.717) is 17.3 Å². The van der Waals surface area contributed by atoms with Gasteiger partial charge >= 0.3 is 0 Å². The standard InChI is InChI=1S/C15H18BrN3O2/c1-5-10-12(16)15(17-2)19-14(18-10)9-7-6-8-11(20-3)13(9)21-4/h6-8H,5H2,1-4H3,(H,17,18,19). The van der Waals surface area contributed by atoms with Gasteiger partial charge in [-0.2, -0.15) is 0 Å². The number of methoxy groups -OCH3 is 2. The predicted octanol–water partition coefficient (Wildman–Crippen LogP) is 3.53. The molecular formula is C15H18BrN3O2. The van der Waals surface area contributed by atoms with Crippen molar-refractivity contribution in [2.24, 2.45) is 0 Å². The normalized spacial score (nSPS) is 10.3. The van der Waals surface area contributed by atoms with Crippen molar-refractivity contribution >= 4 is 21.7 Å². The Balaban J connectivity index is 2.67. The van der Waals surface area contributed by atoms with Crippen LogP contribution in [0.1, 0.15) is 12.6 Å². The van der Waals surface area contributed by atoms with Crippen molar-refractivity contribution in [1.82, 2.24) is 9.97 Å². The van der Waals surface area contributed by atoms with Crippen LogP contribution in [0, 0.1) is 0 Å². The van der Waals surface area contributed by atoms with Gasteiger partial charge in [-0.1, -0.05) is 13.0 Å². The smallest absolute Gasteiger partial charge is 0.171 e. The highest BCUT2D eigenvalue weighted by Crippen LogP contribution is 2.37. The number of ether oxygens (including phenoxy) is 2. The molecular weight excluding hydrogens is 334 g/mol. The number of para-hydroxylation sites is 1. The van der Waals surface area contributed by atoms with Crippen molar-refractivity contribution in [2.75, 3.05) is 26.6 Å². The molecule has 112 valence electrons. The summed E-state index contributed by atoms with van der Waals surface area (Å²) in [7, 11) is 5.06. The van der Waals surface area contributed by atoms with Gasteiger partial charge in [-0.3, -0.25) is 0 Å². The summed E-state index contributed by atoms with van der Waals surface area (Å²) >= 11 is 3.53. The third kappa shape index (κ3) is 2.95. The fourth-order valence-electron chi connectivity index (χ4n) is 2.08. The second kappa shape index (κ2) is 6.76. The SMILES string of the molecule is CCc1nc(-c2cccc(OC)c2OC)nc(NC)c1Br. The molecule has 5 nitrogen and oxygen atoms in total. The summed E-state index contributed by atoms with van der Waals surface area (Å²) in [6.45, 7) is 2.05. The molecule has 0 amide bonds. The summed E-state index contributed by atoms with van der Waals surface area (Å²) in [5.41, 5.74) is 1.74. The van der Waals surface area contributed by atoms with Crippen LogP contribution in [0.15, 0.2) is 22.7 Å². The van der Waals surface area contributed by atoms with Crippen LogP contribution in [-0.4, -0.2) is 31.2 Å². The number of aryl methyl sites for hydroxylation is 1. The van der Waals surface area contributed by atoms with E-state index in [-0.39, 0.29) is 0 Å². The molecule has 2 rings (SSSR count). The lowest BCUT2D eigenvalue weighted by Crippen LogP contribution is -2.04. The predicted molar refractivity (Wildman–Crippen MR) is 87.2 cm³/mol. The molecule has 0 spiro atoms. The summed E-state index contributed by atoms with van der Waals surface area (Å²) in [4.78, 5) is 9.17. The van der Waals surface area contributed by atoms with Crippen molar-refractivity contribution in [3.05, 3.63) is 28.4 Å². The van der Waals surface area contributed by atoms with Gasteiger partial charge in [-0.25, -0.2) is 9.97 Å². The Hall–Kier alpha value is -1.82. The van der Waals surface area contributed by atoms with Gasteiger partial charge in [0, 0.05) is 7.05 Å². The minimum Gasteiger partial charge on any atom is -0.493 e. The first-order valence-electron chi connectivity index (χ1n) is 6.61. The van der Waals surface area contributed by atoms with Gasteiger partial charge in [0.2, 0.25) is 0 Å². The Morgan fingerprint density at radius 1 is 1.19 bits per heavy atom. The lowest BCUT2D eigenvalue weighted by molar-refractivity contribution is 0.356. The molecule has 0 saturated heterocycles. The van der Waals surface area contributed by atoms with Crippen LogP contribution in [-0.2, 0) is 6.42 Å². The van der Waals surface area contributed by atoms with E-state index in [2.05, 4.69) is 38.1 Å². The number of aromatic nitrogens is 2. The number of rotatable bonds is 5. The first-order valence-corrected chi connectivity index (χ1v) is 7.41. The Kier molecular flexibility index (Phi) is 5.01. The van der Waals surface area contributed by atoms with Crippen molar-refractivity contribution in [3.63, 3.8) is 0 Å². The van der Waals surface area contributed by atoms with E-state index in [4.69, 9.17) is 9.47 Å². The highest BCUT2D eigenvalue weighted by molar-refractivity contribution is 9.10. The second-order valence-corrected chi connectivity index (χ2v) is 5.09. The Labute approximate surface area is 132 Å². The van der Waals surface area contributed by atoms with Gasteiger partial charge in [0.05, 0.1) is 29.9 Å². The number of halogens is 1. The molecule has 0 atom stereocenters. The molecule has 1 N–H and O–H groups in total. The molecule has 0 aliphatic heterocycles. The van der Waals surface area contributed by atoms with E-state index in [1.165, 1.54) is 0 Å². The first-order chi connectivity index (χ1) is 10.2. The summed E-state index contributed by atoms with van der Waals surface area (Å²) in [6.07, 6.45) is 0.803. The molecule has 21 heavy (non-hydrogen) atoms. The molecule has 6 heteroatoms. The molecule has 0 unspecified atom stereocenters. The van der Waals surface area contributed by atoms with Crippen LogP contribution >= 0.6 is 15.9 Å². The lowest BCUT2D eigenvalue weighted by atomic mass is 10.1. The van der Waals surface area contributed by atoms with Crippen LogP contribution < -0.4 is 14.8 Å². The zero-order chi connectivity index (χ0) is 15.4. The van der Waals surface area contributed by atoms with E-state index >= 15 is 0 Å².